The maximum absolute atomic E-state index is 16.3. The first-order valence-corrected chi connectivity index (χ1v) is 32.1. The number of nitrogens with zero attached hydrogens (tertiary/aromatic N) is 2. The number of hydrogen-bond donors (Lipinski definition) is 0. The molecule has 0 saturated heterocycles. The minimum atomic E-state index is -0.379. The van der Waals surface area contributed by atoms with Gasteiger partial charge in [0.1, 0.15) is 0 Å². The van der Waals surface area contributed by atoms with Crippen molar-refractivity contribution in [3.63, 3.8) is 0 Å². The third kappa shape index (κ3) is 12.7. The number of aromatic nitrogens is 2. The van der Waals surface area contributed by atoms with Gasteiger partial charge < -0.3 is 0 Å². The quantitative estimate of drug-likeness (QED) is 0.0420. The van der Waals surface area contributed by atoms with E-state index in [2.05, 4.69) is 125 Å². The SMILES string of the molecule is CCCCCCCCC(CCCCCC)Cn1c(=O)c2c3ccc(-c4cc5cccccc-5c4)ccc-3c3c(=O)n(CC(CCCCCC)CCCCCCCC)c(=O)c4c5ccc(-c6cc7cccccc-7c6)ccc-5c(c1=O)c4c23. The number of hydrogen-bond acceptors (Lipinski definition) is 4. The topological polar surface area (TPSA) is 78.1 Å². The van der Waals surface area contributed by atoms with Crippen LogP contribution in [-0.2, 0) is 13.1 Å². The number of fused-ring (bicyclic) bond motifs is 8. The van der Waals surface area contributed by atoms with Crippen LogP contribution in [0, 0.1) is 11.8 Å². The van der Waals surface area contributed by atoms with Gasteiger partial charge >= 0.3 is 0 Å². The van der Waals surface area contributed by atoms with Gasteiger partial charge in [0.15, 0.2) is 0 Å². The Balaban J connectivity index is 1.27. The van der Waals surface area contributed by atoms with Crippen molar-refractivity contribution in [1.82, 2.24) is 9.13 Å². The third-order valence-electron chi connectivity index (χ3n) is 18.3. The molecule has 0 fully saturated rings. The fourth-order valence-corrected chi connectivity index (χ4v) is 13.7. The minimum absolute atomic E-state index is 0.0989. The van der Waals surface area contributed by atoms with Gasteiger partial charge in [0.25, 0.3) is 22.2 Å². The predicted molar refractivity (Wildman–Crippen MR) is 349 cm³/mol. The fourth-order valence-electron chi connectivity index (χ4n) is 13.7. The molecule has 0 bridgehead atoms. The first-order chi connectivity index (χ1) is 40.2. The summed E-state index contributed by atoms with van der Waals surface area (Å²) in [6.07, 6.45) is 26.5. The Morgan fingerprint density at radius 2 is 0.524 bits per heavy atom. The van der Waals surface area contributed by atoms with Crippen LogP contribution in [0.3, 0.4) is 0 Å². The number of rotatable bonds is 30. The van der Waals surface area contributed by atoms with Crippen LogP contribution in [0.15, 0.2) is 153 Å². The molecule has 2 heterocycles. The Bertz CT molecular complexity index is 3400. The Morgan fingerprint density at radius 3 is 0.805 bits per heavy atom. The lowest BCUT2D eigenvalue weighted by atomic mass is 9.94. The summed E-state index contributed by atoms with van der Waals surface area (Å²) in [5.41, 5.74) is 9.48. The normalized spacial score (nSPS) is 12.8. The molecule has 2 atom stereocenters. The van der Waals surface area contributed by atoms with E-state index in [-0.39, 0.29) is 47.2 Å². The summed E-state index contributed by atoms with van der Waals surface area (Å²) in [5.74, 6) is 0.198. The lowest BCUT2D eigenvalue weighted by Crippen LogP contribution is -2.33. The first kappa shape index (κ1) is 58.3. The van der Waals surface area contributed by atoms with Gasteiger partial charge in [0.2, 0.25) is 0 Å². The molecule has 0 amide bonds. The smallest absolute Gasteiger partial charge is 0.262 e. The van der Waals surface area contributed by atoms with Gasteiger partial charge in [-0.3, -0.25) is 28.3 Å². The van der Waals surface area contributed by atoms with Crippen molar-refractivity contribution >= 4 is 32.3 Å². The summed E-state index contributed by atoms with van der Waals surface area (Å²) in [6, 6.07) is 45.9. The Hall–Kier alpha value is -6.92. The van der Waals surface area contributed by atoms with Crippen LogP contribution in [0.1, 0.15) is 182 Å². The van der Waals surface area contributed by atoms with E-state index in [4.69, 9.17) is 0 Å². The van der Waals surface area contributed by atoms with Crippen molar-refractivity contribution < 1.29 is 0 Å². The van der Waals surface area contributed by atoms with Gasteiger partial charge in [0, 0.05) is 23.9 Å². The second-order valence-corrected chi connectivity index (χ2v) is 24.3. The van der Waals surface area contributed by atoms with Crippen molar-refractivity contribution in [2.75, 3.05) is 0 Å². The van der Waals surface area contributed by atoms with Crippen LogP contribution in [0.2, 0.25) is 0 Å². The number of unbranched alkanes of at least 4 members (excludes halogenated alkanes) is 16. The van der Waals surface area contributed by atoms with Gasteiger partial charge in [-0.05, 0) is 129 Å². The van der Waals surface area contributed by atoms with Crippen LogP contribution in [0.25, 0.3) is 99.1 Å². The zero-order chi connectivity index (χ0) is 57.0. The Labute approximate surface area is 487 Å². The van der Waals surface area contributed by atoms with E-state index in [1.807, 2.05) is 36.4 Å². The zero-order valence-electron chi connectivity index (χ0n) is 49.8. The van der Waals surface area contributed by atoms with Crippen molar-refractivity contribution in [2.45, 2.75) is 195 Å². The molecular formula is C76H88N2O4. The summed E-state index contributed by atoms with van der Waals surface area (Å²) >= 11 is 0. The van der Waals surface area contributed by atoms with Gasteiger partial charge in [-0.25, -0.2) is 0 Å². The van der Waals surface area contributed by atoms with E-state index in [0.29, 0.717) is 54.6 Å². The molecule has 0 spiro atoms. The molecule has 6 heteroatoms. The lowest BCUT2D eigenvalue weighted by molar-refractivity contribution is 0.351. The summed E-state index contributed by atoms with van der Waals surface area (Å²) in [5, 5.41) is 2.31. The molecule has 82 heavy (non-hydrogen) atoms. The lowest BCUT2D eigenvalue weighted by Gasteiger charge is -2.18. The van der Waals surface area contributed by atoms with Crippen LogP contribution in [0.4, 0.5) is 0 Å². The second kappa shape index (κ2) is 27.9. The fraction of sp³-hybridized carbons (Fsp3) is 0.421. The predicted octanol–water partition coefficient (Wildman–Crippen LogP) is 20.1. The molecule has 0 aromatic carbocycles. The van der Waals surface area contributed by atoms with E-state index in [9.17, 15) is 0 Å². The molecule has 2 unspecified atom stereocenters. The highest BCUT2D eigenvalue weighted by Gasteiger charge is 2.32. The molecule has 0 saturated carbocycles. The van der Waals surface area contributed by atoms with E-state index in [1.165, 1.54) is 51.4 Å². The van der Waals surface area contributed by atoms with E-state index >= 15 is 19.2 Å². The molecule has 6 nitrogen and oxygen atoms in total. The largest absolute Gasteiger partial charge is 0.274 e. The monoisotopic (exact) mass is 1090 g/mol. The van der Waals surface area contributed by atoms with Crippen LogP contribution in [-0.4, -0.2) is 9.13 Å². The zero-order valence-corrected chi connectivity index (χ0v) is 49.8. The van der Waals surface area contributed by atoms with Crippen LogP contribution < -0.4 is 22.2 Å². The summed E-state index contributed by atoms with van der Waals surface area (Å²) in [6.45, 7) is 9.51. The summed E-state index contributed by atoms with van der Waals surface area (Å²) in [4.78, 5) is 65.3. The molecule has 8 aliphatic carbocycles. The highest BCUT2D eigenvalue weighted by molar-refractivity contribution is 6.33. The van der Waals surface area contributed by atoms with Gasteiger partial charge in [-0.2, -0.15) is 0 Å². The highest BCUT2D eigenvalue weighted by Crippen LogP contribution is 2.46. The Kier molecular flexibility index (Phi) is 19.8. The van der Waals surface area contributed by atoms with E-state index in [0.717, 1.165) is 147 Å². The average Bonchev–Trinajstić information content (AvgIpc) is 4.22. The van der Waals surface area contributed by atoms with Gasteiger partial charge in [-0.1, -0.05) is 265 Å². The van der Waals surface area contributed by atoms with Crippen molar-refractivity contribution in [3.8, 4) is 66.8 Å². The van der Waals surface area contributed by atoms with Gasteiger partial charge in [-0.15, -0.1) is 0 Å². The standard InChI is InChI=1S/C76H88N2O4/c1-5-9-13-17-19-25-33-53(31-23-15-11-7-3)51-77-73(79)67-63-43-39-55(61-47-57-35-27-21-28-36-58(57)48-61)41-45-65(63)69-71(67)72-68(74(77)80)64-44-40-56(62-49-59-37-29-22-30-38-60(59)50-62)42-46-66(64)70(72)76(82)78(75(69)81)52-54(32-24-16-12-8-4)34-26-20-18-14-10-6-2/h21-22,27-30,35-50,53-54H,5-20,23-26,31-34,51-52H2,1-4H3. The maximum Gasteiger partial charge on any atom is 0.262 e. The molecule has 0 radical (unpaired) electrons. The molecule has 0 N–H and O–H groups in total. The molecule has 426 valence electrons. The van der Waals surface area contributed by atoms with E-state index < -0.39 is 0 Å². The van der Waals surface area contributed by atoms with Crippen LogP contribution >= 0.6 is 0 Å². The molecule has 0 aliphatic heterocycles. The molecule has 8 aliphatic rings. The van der Waals surface area contributed by atoms with Crippen molar-refractivity contribution in [2.24, 2.45) is 11.8 Å². The second-order valence-electron chi connectivity index (χ2n) is 24.3. The van der Waals surface area contributed by atoms with Crippen LogP contribution in [0.5, 0.6) is 0 Å². The third-order valence-corrected chi connectivity index (χ3v) is 18.3. The first-order valence-electron chi connectivity index (χ1n) is 32.1. The maximum atomic E-state index is 16.3. The average molecular weight is 1090 g/mol. The molecule has 2 aromatic rings. The van der Waals surface area contributed by atoms with Crippen molar-refractivity contribution in [1.29, 1.82) is 0 Å². The minimum Gasteiger partial charge on any atom is -0.274 e. The Morgan fingerprint density at radius 1 is 0.268 bits per heavy atom. The van der Waals surface area contributed by atoms with E-state index in [1.54, 1.807) is 9.13 Å². The highest BCUT2D eigenvalue weighted by atomic mass is 16.2. The van der Waals surface area contributed by atoms with Crippen molar-refractivity contribution in [3.05, 3.63) is 175 Å². The molecule has 2 aromatic heterocycles. The molecular weight excluding hydrogens is 1000 g/mol. The summed E-state index contributed by atoms with van der Waals surface area (Å²) in [7, 11) is 0. The van der Waals surface area contributed by atoms with Gasteiger partial charge in [0.05, 0.1) is 21.5 Å². The molecule has 10 rings (SSSR count). The summed E-state index contributed by atoms with van der Waals surface area (Å²) < 4.78 is 3.10.